The van der Waals surface area contributed by atoms with Gasteiger partial charge in [-0.25, -0.2) is 19.0 Å². The molecule has 0 fully saturated rings. The minimum absolute atomic E-state index is 0.173. The second kappa shape index (κ2) is 6.16. The van der Waals surface area contributed by atoms with Crippen molar-refractivity contribution in [3.8, 4) is 22.4 Å². The summed E-state index contributed by atoms with van der Waals surface area (Å²) >= 11 is 0. The van der Waals surface area contributed by atoms with Crippen LogP contribution in [-0.4, -0.2) is 36.9 Å². The van der Waals surface area contributed by atoms with E-state index in [0.29, 0.717) is 16.8 Å². The van der Waals surface area contributed by atoms with Crippen molar-refractivity contribution in [3.63, 3.8) is 0 Å². The van der Waals surface area contributed by atoms with E-state index in [1.807, 2.05) is 0 Å². The van der Waals surface area contributed by atoms with Gasteiger partial charge in [-0.05, 0) is 30.3 Å². The average Bonchev–Trinajstić information content (AvgIpc) is 2.96. The van der Waals surface area contributed by atoms with E-state index in [1.165, 1.54) is 41.2 Å². The zero-order chi connectivity index (χ0) is 18.1. The third-order valence-electron chi connectivity index (χ3n) is 3.60. The normalized spacial score (nSPS) is 10.6. The zero-order valence-corrected chi connectivity index (χ0v) is 13.0. The van der Waals surface area contributed by atoms with Crippen LogP contribution in [-0.2, 0) is 7.05 Å². The van der Waals surface area contributed by atoms with Gasteiger partial charge >= 0.3 is 11.9 Å². The summed E-state index contributed by atoms with van der Waals surface area (Å²) in [5.74, 6) is -3.26. The van der Waals surface area contributed by atoms with Gasteiger partial charge in [0, 0.05) is 36.1 Å². The molecule has 3 rings (SSSR count). The third-order valence-corrected chi connectivity index (χ3v) is 3.60. The van der Waals surface area contributed by atoms with Gasteiger partial charge in [-0.1, -0.05) is 0 Å². The summed E-state index contributed by atoms with van der Waals surface area (Å²) in [5.41, 5.74) is 0.587. The van der Waals surface area contributed by atoms with Crippen molar-refractivity contribution in [1.82, 2.24) is 14.8 Å². The number of hydrogen-bond acceptors (Lipinski definition) is 4. The number of aromatic carboxylic acids is 2. The molecule has 8 heteroatoms. The van der Waals surface area contributed by atoms with E-state index in [2.05, 4.69) is 10.1 Å². The van der Waals surface area contributed by atoms with Crippen molar-refractivity contribution < 1.29 is 24.2 Å². The first-order valence-corrected chi connectivity index (χ1v) is 7.14. The standard InChI is InChI=1S/C17H12FN3O4/c1-21-8-12(14(20-21)9-2-4-10(18)5-3-9)11-6-7-19-15(17(24)25)13(11)16(22)23/h2-8H,1H3,(H,22,23)(H,24,25). The number of aromatic nitrogens is 3. The lowest BCUT2D eigenvalue weighted by Gasteiger charge is -2.08. The number of halogens is 1. The molecule has 2 aromatic heterocycles. The molecule has 0 aliphatic carbocycles. The summed E-state index contributed by atoms with van der Waals surface area (Å²) in [4.78, 5) is 26.6. The number of rotatable bonds is 4. The zero-order valence-electron chi connectivity index (χ0n) is 13.0. The van der Waals surface area contributed by atoms with Crippen LogP contribution in [0.5, 0.6) is 0 Å². The van der Waals surface area contributed by atoms with Gasteiger partial charge in [0.2, 0.25) is 0 Å². The topological polar surface area (TPSA) is 105 Å². The Hall–Kier alpha value is -3.55. The Morgan fingerprint density at radius 2 is 1.72 bits per heavy atom. The van der Waals surface area contributed by atoms with Gasteiger partial charge in [-0.2, -0.15) is 5.10 Å². The van der Waals surface area contributed by atoms with Crippen LogP contribution in [0.1, 0.15) is 20.8 Å². The maximum absolute atomic E-state index is 13.2. The average molecular weight is 341 g/mol. The molecule has 25 heavy (non-hydrogen) atoms. The summed E-state index contributed by atoms with van der Waals surface area (Å²) in [6.07, 6.45) is 2.80. The molecule has 0 unspecified atom stereocenters. The van der Waals surface area contributed by atoms with Gasteiger partial charge in [-0.3, -0.25) is 4.68 Å². The molecule has 0 bridgehead atoms. The van der Waals surface area contributed by atoms with Crippen LogP contribution in [0.25, 0.3) is 22.4 Å². The maximum Gasteiger partial charge on any atom is 0.355 e. The molecule has 0 saturated heterocycles. The maximum atomic E-state index is 13.2. The summed E-state index contributed by atoms with van der Waals surface area (Å²) in [6, 6.07) is 6.98. The van der Waals surface area contributed by atoms with E-state index < -0.39 is 29.0 Å². The molecule has 1 aromatic carbocycles. The van der Waals surface area contributed by atoms with Gasteiger partial charge in [0.25, 0.3) is 0 Å². The molecule has 0 atom stereocenters. The quantitative estimate of drug-likeness (QED) is 0.756. The van der Waals surface area contributed by atoms with E-state index in [0.717, 1.165) is 0 Å². The van der Waals surface area contributed by atoms with Crippen molar-refractivity contribution in [2.75, 3.05) is 0 Å². The fourth-order valence-electron chi connectivity index (χ4n) is 2.57. The lowest BCUT2D eigenvalue weighted by atomic mass is 9.97. The van der Waals surface area contributed by atoms with Crippen LogP contribution in [0.2, 0.25) is 0 Å². The van der Waals surface area contributed by atoms with Crippen LogP contribution in [0.3, 0.4) is 0 Å². The van der Waals surface area contributed by atoms with Crippen LogP contribution in [0.4, 0.5) is 4.39 Å². The largest absolute Gasteiger partial charge is 0.478 e. The van der Waals surface area contributed by atoms with Gasteiger partial charge in [0.15, 0.2) is 5.69 Å². The highest BCUT2D eigenvalue weighted by Gasteiger charge is 2.25. The van der Waals surface area contributed by atoms with Crippen LogP contribution in [0, 0.1) is 5.82 Å². The number of carbonyl (C=O) groups is 2. The highest BCUT2D eigenvalue weighted by molar-refractivity contribution is 6.06. The van der Waals surface area contributed by atoms with Crippen LogP contribution >= 0.6 is 0 Å². The lowest BCUT2D eigenvalue weighted by molar-refractivity contribution is 0.0647. The number of carboxylic acids is 2. The first kappa shape index (κ1) is 16.3. The molecule has 0 radical (unpaired) electrons. The first-order valence-electron chi connectivity index (χ1n) is 7.14. The first-order chi connectivity index (χ1) is 11.9. The Morgan fingerprint density at radius 1 is 1.04 bits per heavy atom. The molecule has 0 spiro atoms. The summed E-state index contributed by atoms with van der Waals surface area (Å²) < 4.78 is 14.6. The molecule has 2 heterocycles. The smallest absolute Gasteiger partial charge is 0.355 e. The number of aryl methyl sites for hydroxylation is 1. The molecule has 3 aromatic rings. The number of carboxylic acid groups (broad SMARTS) is 2. The van der Waals surface area contributed by atoms with E-state index >= 15 is 0 Å². The van der Waals surface area contributed by atoms with E-state index in [9.17, 15) is 24.2 Å². The highest BCUT2D eigenvalue weighted by Crippen LogP contribution is 2.33. The molecular formula is C17H12FN3O4. The number of benzene rings is 1. The van der Waals surface area contributed by atoms with Crippen molar-refractivity contribution in [3.05, 3.63) is 59.8 Å². The molecule has 2 N–H and O–H groups in total. The summed E-state index contributed by atoms with van der Waals surface area (Å²) in [7, 11) is 1.65. The summed E-state index contributed by atoms with van der Waals surface area (Å²) in [5, 5.41) is 23.0. The molecule has 0 aliphatic heterocycles. The molecule has 0 amide bonds. The molecule has 0 saturated carbocycles. The molecular weight excluding hydrogens is 329 g/mol. The predicted octanol–water partition coefficient (Wildman–Crippen LogP) is 2.68. The number of nitrogens with zero attached hydrogens (tertiary/aromatic N) is 3. The Morgan fingerprint density at radius 3 is 2.32 bits per heavy atom. The highest BCUT2D eigenvalue weighted by atomic mass is 19.1. The number of pyridine rings is 1. The van der Waals surface area contributed by atoms with E-state index in [4.69, 9.17) is 0 Å². The van der Waals surface area contributed by atoms with Crippen LogP contribution in [0.15, 0.2) is 42.7 Å². The number of hydrogen-bond donors (Lipinski definition) is 2. The Labute approximate surface area is 141 Å². The van der Waals surface area contributed by atoms with Gasteiger partial charge in [0.1, 0.15) is 17.1 Å². The SMILES string of the molecule is Cn1cc(-c2ccnc(C(=O)O)c2C(=O)O)c(-c2ccc(F)cc2)n1. The fraction of sp³-hybridized carbons (Fsp3) is 0.0588. The summed E-state index contributed by atoms with van der Waals surface area (Å²) in [6.45, 7) is 0. The second-order valence-corrected chi connectivity index (χ2v) is 5.26. The molecule has 126 valence electrons. The third kappa shape index (κ3) is 2.97. The molecule has 7 nitrogen and oxygen atoms in total. The predicted molar refractivity (Wildman–Crippen MR) is 85.8 cm³/mol. The second-order valence-electron chi connectivity index (χ2n) is 5.26. The lowest BCUT2D eigenvalue weighted by Crippen LogP contribution is -2.12. The van der Waals surface area contributed by atoms with Gasteiger partial charge in [0.05, 0.1) is 0 Å². The fourth-order valence-corrected chi connectivity index (χ4v) is 2.57. The minimum Gasteiger partial charge on any atom is -0.478 e. The van der Waals surface area contributed by atoms with Crippen molar-refractivity contribution in [1.29, 1.82) is 0 Å². The van der Waals surface area contributed by atoms with E-state index in [1.54, 1.807) is 13.2 Å². The minimum atomic E-state index is -1.44. The van der Waals surface area contributed by atoms with Crippen LogP contribution < -0.4 is 0 Å². The Kier molecular flexibility index (Phi) is 4.02. The van der Waals surface area contributed by atoms with E-state index in [-0.39, 0.29) is 5.56 Å². The molecule has 0 aliphatic rings. The van der Waals surface area contributed by atoms with Gasteiger partial charge in [-0.15, -0.1) is 0 Å². The van der Waals surface area contributed by atoms with Crippen molar-refractivity contribution in [2.45, 2.75) is 0 Å². The Balaban J connectivity index is 2.28. The monoisotopic (exact) mass is 341 g/mol. The van der Waals surface area contributed by atoms with Crippen molar-refractivity contribution in [2.24, 2.45) is 7.05 Å². The Bertz CT molecular complexity index is 980. The van der Waals surface area contributed by atoms with Gasteiger partial charge < -0.3 is 10.2 Å². The van der Waals surface area contributed by atoms with Crippen molar-refractivity contribution >= 4 is 11.9 Å².